The van der Waals surface area contributed by atoms with Gasteiger partial charge >= 0.3 is 6.09 Å². The van der Waals surface area contributed by atoms with Crippen LogP contribution in [-0.4, -0.2) is 95.6 Å². The third kappa shape index (κ3) is 9.00. The van der Waals surface area contributed by atoms with Gasteiger partial charge < -0.3 is 29.7 Å². The van der Waals surface area contributed by atoms with Crippen molar-refractivity contribution in [1.82, 2.24) is 30.5 Å². The molecule has 0 bridgehead atoms. The number of benzene rings is 1. The fraction of sp³-hybridized carbons (Fsp3) is 0.588. The van der Waals surface area contributed by atoms with Gasteiger partial charge in [-0.3, -0.25) is 19.1 Å². The van der Waals surface area contributed by atoms with Gasteiger partial charge in [0.2, 0.25) is 33.6 Å². The molecule has 2 aromatic rings. The maximum Gasteiger partial charge on any atom is 0.408 e. The van der Waals surface area contributed by atoms with E-state index in [1.54, 1.807) is 59.7 Å². The SMILES string of the molecule is C=CC[C@@](C)(NC(=O)[C@@H]1C[C@@H](Oc2nnc(OC)c3ccccc23)CN1C(=O)[C@@H](NC(=O)OC(C)(C)C)C(C)(C)C)C(=O)NS(=O)(=O)C1CC1. The number of hydrogen-bond acceptors (Lipinski definition) is 11. The summed E-state index contributed by atoms with van der Waals surface area (Å²) in [7, 11) is -2.46. The average molecular weight is 717 g/mol. The molecule has 1 aromatic carbocycles. The Balaban J connectivity index is 1.68. The fourth-order valence-corrected chi connectivity index (χ4v) is 7.02. The molecule has 2 aliphatic rings. The molecule has 2 fully saturated rings. The number of likely N-dealkylation sites (tertiary alicyclic amines) is 1. The van der Waals surface area contributed by atoms with Crippen LogP contribution in [0.2, 0.25) is 0 Å². The van der Waals surface area contributed by atoms with Gasteiger partial charge in [-0.2, -0.15) is 0 Å². The smallest absolute Gasteiger partial charge is 0.408 e. The average Bonchev–Trinajstić information content (AvgIpc) is 3.79. The largest absolute Gasteiger partial charge is 0.479 e. The van der Waals surface area contributed by atoms with Gasteiger partial charge in [0.25, 0.3) is 5.91 Å². The number of methoxy groups -OCH3 is 1. The van der Waals surface area contributed by atoms with Crippen LogP contribution in [0.1, 0.15) is 74.1 Å². The zero-order chi connectivity index (χ0) is 37.2. The Morgan fingerprint density at radius 2 is 1.62 bits per heavy atom. The van der Waals surface area contributed by atoms with Gasteiger partial charge in [0.15, 0.2) is 0 Å². The Bertz CT molecular complexity index is 1750. The molecular formula is C34H48N6O9S. The minimum atomic E-state index is -3.93. The first-order valence-electron chi connectivity index (χ1n) is 16.4. The van der Waals surface area contributed by atoms with E-state index in [0.29, 0.717) is 23.6 Å². The molecule has 3 N–H and O–H groups in total. The lowest BCUT2D eigenvalue weighted by molar-refractivity contribution is -0.143. The summed E-state index contributed by atoms with van der Waals surface area (Å²) in [5.74, 6) is -1.81. The van der Waals surface area contributed by atoms with Crippen molar-refractivity contribution in [3.05, 3.63) is 36.9 Å². The number of ether oxygens (including phenoxy) is 3. The topological polar surface area (TPSA) is 195 Å². The lowest BCUT2D eigenvalue weighted by Gasteiger charge is -2.36. The summed E-state index contributed by atoms with van der Waals surface area (Å²) in [6.07, 6.45) is 0.532. The molecule has 0 spiro atoms. The second-order valence-electron chi connectivity index (χ2n) is 15.0. The van der Waals surface area contributed by atoms with Crippen LogP contribution >= 0.6 is 0 Å². The van der Waals surface area contributed by atoms with E-state index in [9.17, 15) is 27.6 Å². The Morgan fingerprint density at radius 3 is 2.16 bits per heavy atom. The summed E-state index contributed by atoms with van der Waals surface area (Å²) in [6, 6.07) is 4.83. The maximum atomic E-state index is 14.4. The van der Waals surface area contributed by atoms with E-state index in [2.05, 4.69) is 32.1 Å². The summed E-state index contributed by atoms with van der Waals surface area (Å²) in [4.78, 5) is 56.1. The van der Waals surface area contributed by atoms with Crippen molar-refractivity contribution in [1.29, 1.82) is 0 Å². The third-order valence-electron chi connectivity index (χ3n) is 8.36. The molecule has 4 amide bonds. The number of hydrogen-bond donors (Lipinski definition) is 3. The monoisotopic (exact) mass is 716 g/mol. The molecule has 1 aliphatic heterocycles. The first-order valence-corrected chi connectivity index (χ1v) is 18.0. The summed E-state index contributed by atoms with van der Waals surface area (Å²) in [6.45, 7) is 15.3. The molecule has 2 heterocycles. The number of amides is 4. The van der Waals surface area contributed by atoms with Crippen molar-refractivity contribution < 1.29 is 41.8 Å². The molecule has 0 unspecified atom stereocenters. The zero-order valence-corrected chi connectivity index (χ0v) is 30.7. The van der Waals surface area contributed by atoms with Crippen molar-refractivity contribution in [3.63, 3.8) is 0 Å². The summed E-state index contributed by atoms with van der Waals surface area (Å²) in [5.41, 5.74) is -3.40. The first kappa shape index (κ1) is 38.3. The number of nitrogens with zero attached hydrogens (tertiary/aromatic N) is 3. The van der Waals surface area contributed by atoms with E-state index in [1.165, 1.54) is 25.0 Å². The van der Waals surface area contributed by atoms with E-state index < -0.39 is 73.8 Å². The molecule has 16 heteroatoms. The van der Waals surface area contributed by atoms with Crippen molar-refractivity contribution in [2.24, 2.45) is 5.41 Å². The number of nitrogens with one attached hydrogen (secondary N) is 3. The number of aromatic nitrogens is 2. The van der Waals surface area contributed by atoms with Crippen LogP contribution in [0.5, 0.6) is 11.8 Å². The first-order chi connectivity index (χ1) is 23.2. The molecule has 1 aliphatic carbocycles. The highest BCUT2D eigenvalue weighted by Crippen LogP contribution is 2.33. The van der Waals surface area contributed by atoms with Crippen LogP contribution in [0.15, 0.2) is 36.9 Å². The second-order valence-corrected chi connectivity index (χ2v) is 16.9. The lowest BCUT2D eigenvalue weighted by atomic mass is 9.85. The molecule has 1 aromatic heterocycles. The Morgan fingerprint density at radius 1 is 1.02 bits per heavy atom. The predicted octanol–water partition coefficient (Wildman–Crippen LogP) is 2.99. The fourth-order valence-electron chi connectivity index (χ4n) is 5.61. The molecule has 15 nitrogen and oxygen atoms in total. The zero-order valence-electron chi connectivity index (χ0n) is 29.9. The van der Waals surface area contributed by atoms with Crippen LogP contribution < -0.4 is 24.8 Å². The van der Waals surface area contributed by atoms with E-state index in [-0.39, 0.29) is 31.1 Å². The number of carbonyl (C=O) groups is 4. The van der Waals surface area contributed by atoms with Crippen LogP contribution in [-0.2, 0) is 29.1 Å². The highest BCUT2D eigenvalue weighted by molar-refractivity contribution is 7.91. The molecule has 50 heavy (non-hydrogen) atoms. The van der Waals surface area contributed by atoms with E-state index in [1.807, 2.05) is 6.07 Å². The molecule has 4 atom stereocenters. The van der Waals surface area contributed by atoms with E-state index in [0.717, 1.165) is 0 Å². The van der Waals surface area contributed by atoms with E-state index >= 15 is 0 Å². The number of alkyl carbamates (subject to hydrolysis) is 1. The van der Waals surface area contributed by atoms with Gasteiger partial charge in [-0.15, -0.1) is 16.8 Å². The number of carbonyl (C=O) groups excluding carboxylic acids is 4. The molecule has 0 radical (unpaired) electrons. The van der Waals surface area contributed by atoms with Gasteiger partial charge in [-0.25, -0.2) is 13.2 Å². The summed E-state index contributed by atoms with van der Waals surface area (Å²) >= 11 is 0. The quantitative estimate of drug-likeness (QED) is 0.273. The van der Waals surface area contributed by atoms with Crippen molar-refractivity contribution in [2.75, 3.05) is 13.7 Å². The summed E-state index contributed by atoms with van der Waals surface area (Å²) < 4.78 is 44.4. The molecule has 274 valence electrons. The Labute approximate surface area is 292 Å². The third-order valence-corrected chi connectivity index (χ3v) is 10.2. The van der Waals surface area contributed by atoms with Gasteiger partial charge in [-0.05, 0) is 64.5 Å². The second kappa shape index (κ2) is 14.4. The predicted molar refractivity (Wildman–Crippen MR) is 185 cm³/mol. The lowest BCUT2D eigenvalue weighted by Crippen LogP contribution is -2.62. The standard InChI is InChI=1S/C34H48N6O9S/c1-10-17-34(8,30(43)39-50(45,46)21-15-16-21)36-26(41)24-18-20(48-28-23-14-12-11-13-22(23)27(47-9)37-38-28)19-40(24)29(42)25(32(2,3)4)35-31(44)49-33(5,6)7/h10-14,20-21,24-25H,1,15-19H2,2-9H3,(H,35,44)(H,36,41)(H,39,43)/t20-,24+,25-,34-/m1/s1. The van der Waals surface area contributed by atoms with Gasteiger partial charge in [0.05, 0.1) is 29.7 Å². The number of sulfonamides is 1. The van der Waals surface area contributed by atoms with E-state index in [4.69, 9.17) is 14.2 Å². The van der Waals surface area contributed by atoms with Gasteiger partial charge in [0.1, 0.15) is 29.3 Å². The minimum absolute atomic E-state index is 0.0327. The normalized spacial score (nSPS) is 19.9. The van der Waals surface area contributed by atoms with Crippen LogP contribution in [0, 0.1) is 5.41 Å². The van der Waals surface area contributed by atoms with Gasteiger partial charge in [-0.1, -0.05) is 39.0 Å². The van der Waals surface area contributed by atoms with Crippen molar-refractivity contribution >= 4 is 44.6 Å². The van der Waals surface area contributed by atoms with Crippen LogP contribution in [0.4, 0.5) is 4.79 Å². The Kier molecular flexibility index (Phi) is 11.0. The van der Waals surface area contributed by atoms with Crippen molar-refractivity contribution in [3.8, 4) is 11.8 Å². The van der Waals surface area contributed by atoms with Gasteiger partial charge in [0, 0.05) is 6.42 Å². The maximum absolute atomic E-state index is 14.4. The van der Waals surface area contributed by atoms with Crippen LogP contribution in [0.3, 0.4) is 0 Å². The molecule has 1 saturated heterocycles. The van der Waals surface area contributed by atoms with Crippen molar-refractivity contribution in [2.45, 2.75) is 109 Å². The highest BCUT2D eigenvalue weighted by atomic mass is 32.2. The molecule has 1 saturated carbocycles. The van der Waals surface area contributed by atoms with Crippen LogP contribution in [0.25, 0.3) is 10.8 Å². The highest BCUT2D eigenvalue weighted by Gasteiger charge is 2.49. The minimum Gasteiger partial charge on any atom is -0.479 e. The molecule has 4 rings (SSSR count). The Hall–Kier alpha value is -4.47. The number of rotatable bonds is 12. The summed E-state index contributed by atoms with van der Waals surface area (Å²) in [5, 5.41) is 14.2. The number of fused-ring (bicyclic) bond motifs is 1. The molecular weight excluding hydrogens is 668 g/mol.